The van der Waals surface area contributed by atoms with Crippen LogP contribution in [-0.4, -0.2) is 18.4 Å². The molecule has 0 bridgehead atoms. The lowest BCUT2D eigenvalue weighted by atomic mass is 10.1. The predicted octanol–water partition coefficient (Wildman–Crippen LogP) is 4.32. The molecule has 1 aliphatic rings. The van der Waals surface area contributed by atoms with Crippen LogP contribution in [0.2, 0.25) is 5.02 Å². The van der Waals surface area contributed by atoms with Crippen molar-refractivity contribution in [3.63, 3.8) is 0 Å². The van der Waals surface area contributed by atoms with Gasteiger partial charge < -0.3 is 14.6 Å². The molecule has 6 heteroatoms. The minimum absolute atomic E-state index is 0.188. The molecular formula is C21H19ClN2O3. The summed E-state index contributed by atoms with van der Waals surface area (Å²) in [5.41, 5.74) is 1.53. The number of anilines is 1. The van der Waals surface area contributed by atoms with Crippen LogP contribution in [0.4, 0.5) is 5.69 Å². The summed E-state index contributed by atoms with van der Waals surface area (Å²) in [5, 5.41) is 4.51. The number of fused-ring (bicyclic) bond motifs is 1. The standard InChI is InChI=1S/C21H19ClN2O3/c1-13(19-12-14-4-2-3-5-18(14)27-19)23-20(25)17-10-11-24(21(17)26)16-8-6-15(22)7-9-16/h2-9,12-13,17H,10-11H2,1H3,(H,23,25). The summed E-state index contributed by atoms with van der Waals surface area (Å²) in [6, 6.07) is 16.3. The van der Waals surface area contributed by atoms with Crippen molar-refractivity contribution < 1.29 is 14.0 Å². The largest absolute Gasteiger partial charge is 0.459 e. The highest BCUT2D eigenvalue weighted by molar-refractivity contribution is 6.30. The Balaban J connectivity index is 1.45. The lowest BCUT2D eigenvalue weighted by Crippen LogP contribution is -2.37. The van der Waals surface area contributed by atoms with Crippen molar-refractivity contribution in [1.29, 1.82) is 0 Å². The highest BCUT2D eigenvalue weighted by Gasteiger charge is 2.38. The number of nitrogens with zero attached hydrogens (tertiary/aromatic N) is 1. The van der Waals surface area contributed by atoms with Gasteiger partial charge in [-0.1, -0.05) is 29.8 Å². The second-order valence-electron chi connectivity index (χ2n) is 6.72. The van der Waals surface area contributed by atoms with Gasteiger partial charge in [-0.15, -0.1) is 0 Å². The average molecular weight is 383 g/mol. The van der Waals surface area contributed by atoms with Gasteiger partial charge in [0.1, 0.15) is 17.3 Å². The number of rotatable bonds is 4. The average Bonchev–Trinajstić information content (AvgIpc) is 3.26. The molecule has 1 saturated heterocycles. The summed E-state index contributed by atoms with van der Waals surface area (Å²) >= 11 is 5.90. The van der Waals surface area contributed by atoms with Crippen LogP contribution in [0.5, 0.6) is 0 Å². The first-order valence-corrected chi connectivity index (χ1v) is 9.26. The first kappa shape index (κ1) is 17.6. The van der Waals surface area contributed by atoms with E-state index in [1.165, 1.54) is 0 Å². The Labute approximate surface area is 161 Å². The van der Waals surface area contributed by atoms with Crippen molar-refractivity contribution in [2.45, 2.75) is 19.4 Å². The summed E-state index contributed by atoms with van der Waals surface area (Å²) in [6.45, 7) is 2.36. The molecule has 0 aliphatic carbocycles. The lowest BCUT2D eigenvalue weighted by Gasteiger charge is -2.18. The molecule has 5 nitrogen and oxygen atoms in total. The third kappa shape index (κ3) is 3.43. The Hall–Kier alpha value is -2.79. The van der Waals surface area contributed by atoms with E-state index in [0.717, 1.165) is 16.7 Å². The molecular weight excluding hydrogens is 364 g/mol. The van der Waals surface area contributed by atoms with E-state index in [1.54, 1.807) is 29.2 Å². The van der Waals surface area contributed by atoms with Gasteiger partial charge >= 0.3 is 0 Å². The van der Waals surface area contributed by atoms with Gasteiger partial charge in [0.25, 0.3) is 0 Å². The monoisotopic (exact) mass is 382 g/mol. The Morgan fingerprint density at radius 2 is 1.96 bits per heavy atom. The predicted molar refractivity (Wildman–Crippen MR) is 105 cm³/mol. The van der Waals surface area contributed by atoms with Gasteiger partial charge in [-0.3, -0.25) is 9.59 Å². The van der Waals surface area contributed by atoms with Crippen LogP contribution in [0.1, 0.15) is 25.1 Å². The second kappa shape index (κ2) is 7.08. The zero-order valence-electron chi connectivity index (χ0n) is 14.8. The highest BCUT2D eigenvalue weighted by atomic mass is 35.5. The topological polar surface area (TPSA) is 62.6 Å². The lowest BCUT2D eigenvalue weighted by molar-refractivity contribution is -0.132. The van der Waals surface area contributed by atoms with Gasteiger partial charge in [0.2, 0.25) is 11.8 Å². The molecule has 0 spiro atoms. The molecule has 138 valence electrons. The molecule has 2 atom stereocenters. The van der Waals surface area contributed by atoms with Crippen molar-refractivity contribution in [2.75, 3.05) is 11.4 Å². The number of halogens is 1. The van der Waals surface area contributed by atoms with Crippen LogP contribution in [0.25, 0.3) is 11.0 Å². The zero-order chi connectivity index (χ0) is 19.0. The van der Waals surface area contributed by atoms with Crippen molar-refractivity contribution >= 4 is 40.1 Å². The zero-order valence-corrected chi connectivity index (χ0v) is 15.6. The number of nitrogens with one attached hydrogen (secondary N) is 1. The fourth-order valence-electron chi connectivity index (χ4n) is 3.40. The van der Waals surface area contributed by atoms with E-state index >= 15 is 0 Å². The second-order valence-corrected chi connectivity index (χ2v) is 7.16. The fraction of sp³-hybridized carbons (Fsp3) is 0.238. The molecule has 0 saturated carbocycles. The Bertz CT molecular complexity index is 963. The maximum atomic E-state index is 12.7. The van der Waals surface area contributed by atoms with Gasteiger partial charge in [-0.25, -0.2) is 0 Å². The summed E-state index contributed by atoms with van der Waals surface area (Å²) in [4.78, 5) is 27.0. The third-order valence-electron chi connectivity index (χ3n) is 4.89. The van der Waals surface area contributed by atoms with E-state index in [0.29, 0.717) is 23.7 Å². The molecule has 27 heavy (non-hydrogen) atoms. The van der Waals surface area contributed by atoms with Crippen molar-refractivity contribution in [3.8, 4) is 0 Å². The van der Waals surface area contributed by atoms with Crippen LogP contribution in [-0.2, 0) is 9.59 Å². The number of amides is 2. The molecule has 1 aliphatic heterocycles. The first-order chi connectivity index (χ1) is 13.0. The summed E-state index contributed by atoms with van der Waals surface area (Å²) < 4.78 is 5.80. The van der Waals surface area contributed by atoms with Crippen LogP contribution >= 0.6 is 11.6 Å². The molecule has 2 unspecified atom stereocenters. The molecule has 0 radical (unpaired) electrons. The maximum absolute atomic E-state index is 12.7. The van der Waals surface area contributed by atoms with E-state index < -0.39 is 5.92 Å². The number of furan rings is 1. The van der Waals surface area contributed by atoms with Crippen molar-refractivity contribution in [1.82, 2.24) is 5.32 Å². The minimum Gasteiger partial charge on any atom is -0.459 e. The van der Waals surface area contributed by atoms with E-state index in [-0.39, 0.29) is 17.9 Å². The number of carbonyl (C=O) groups is 2. The number of hydrogen-bond acceptors (Lipinski definition) is 3. The minimum atomic E-state index is -0.687. The first-order valence-electron chi connectivity index (χ1n) is 8.89. The molecule has 2 heterocycles. The molecule has 3 aromatic rings. The summed E-state index contributed by atoms with van der Waals surface area (Å²) in [5.74, 6) is -0.479. The quantitative estimate of drug-likeness (QED) is 0.683. The highest BCUT2D eigenvalue weighted by Crippen LogP contribution is 2.28. The van der Waals surface area contributed by atoms with E-state index in [2.05, 4.69) is 5.32 Å². The normalized spacial score (nSPS) is 18.1. The van der Waals surface area contributed by atoms with Gasteiger partial charge in [-0.05, 0) is 49.7 Å². The van der Waals surface area contributed by atoms with Gasteiger partial charge in [0, 0.05) is 22.6 Å². The van der Waals surface area contributed by atoms with Crippen molar-refractivity contribution in [2.24, 2.45) is 5.92 Å². The molecule has 1 aromatic heterocycles. The molecule has 1 fully saturated rings. The maximum Gasteiger partial charge on any atom is 0.239 e. The van der Waals surface area contributed by atoms with E-state index in [1.807, 2.05) is 37.3 Å². The molecule has 2 aromatic carbocycles. The molecule has 2 amide bonds. The number of benzene rings is 2. The summed E-state index contributed by atoms with van der Waals surface area (Å²) in [7, 11) is 0. The molecule has 1 N–H and O–H groups in total. The van der Waals surface area contributed by atoms with Crippen LogP contribution in [0.15, 0.2) is 59.0 Å². The van der Waals surface area contributed by atoms with Crippen LogP contribution in [0, 0.1) is 5.92 Å². The summed E-state index contributed by atoms with van der Waals surface area (Å²) in [6.07, 6.45) is 0.486. The third-order valence-corrected chi connectivity index (χ3v) is 5.14. The fourth-order valence-corrected chi connectivity index (χ4v) is 3.53. The Morgan fingerprint density at radius 3 is 2.70 bits per heavy atom. The number of para-hydroxylation sites is 1. The SMILES string of the molecule is CC(NC(=O)C1CCN(c2ccc(Cl)cc2)C1=O)c1cc2ccccc2o1. The van der Waals surface area contributed by atoms with Crippen LogP contribution < -0.4 is 10.2 Å². The smallest absolute Gasteiger partial charge is 0.239 e. The van der Waals surface area contributed by atoms with E-state index in [4.69, 9.17) is 16.0 Å². The van der Waals surface area contributed by atoms with Gasteiger partial charge in [0.05, 0.1) is 6.04 Å². The number of carbonyl (C=O) groups excluding carboxylic acids is 2. The van der Waals surface area contributed by atoms with Crippen LogP contribution in [0.3, 0.4) is 0 Å². The Morgan fingerprint density at radius 1 is 1.22 bits per heavy atom. The number of hydrogen-bond donors (Lipinski definition) is 1. The van der Waals surface area contributed by atoms with Crippen molar-refractivity contribution in [3.05, 3.63) is 65.4 Å². The van der Waals surface area contributed by atoms with Gasteiger partial charge in [-0.2, -0.15) is 0 Å². The van der Waals surface area contributed by atoms with Gasteiger partial charge in [0.15, 0.2) is 0 Å². The molecule has 4 rings (SSSR count). The Kier molecular flexibility index (Phi) is 4.62. The van der Waals surface area contributed by atoms with E-state index in [9.17, 15) is 9.59 Å².